The van der Waals surface area contributed by atoms with Crippen molar-refractivity contribution in [2.24, 2.45) is 0 Å². The number of hydrogen-bond donors (Lipinski definition) is 2. The van der Waals surface area contributed by atoms with Crippen molar-refractivity contribution in [2.45, 2.75) is 44.6 Å². The smallest absolute Gasteiger partial charge is 0.284 e. The molecule has 0 radical (unpaired) electrons. The maximum absolute atomic E-state index is 12.2. The first kappa shape index (κ1) is 17.8. The van der Waals surface area contributed by atoms with Crippen molar-refractivity contribution in [1.29, 1.82) is 0 Å². The zero-order valence-corrected chi connectivity index (χ0v) is 14.9. The largest absolute Gasteiger partial charge is 0.409 e. The number of hydrogen-bond acceptors (Lipinski definition) is 5. The van der Waals surface area contributed by atoms with Crippen molar-refractivity contribution >= 4 is 18.1 Å². The number of amides is 1. The molecule has 7 heteroatoms. The molecular formula is C18H23N3O3S. The lowest BCUT2D eigenvalue weighted by Gasteiger charge is -2.15. The number of H-pyrrole nitrogens is 1. The summed E-state index contributed by atoms with van der Waals surface area (Å²) in [6.07, 6.45) is 7.75. The van der Waals surface area contributed by atoms with Gasteiger partial charge < -0.3 is 14.5 Å². The maximum Gasteiger partial charge on any atom is 0.284 e. The number of benzene rings is 1. The molecular weight excluding hydrogens is 338 g/mol. The van der Waals surface area contributed by atoms with E-state index < -0.39 is 0 Å². The number of aromatic amines is 1. The molecule has 1 aliphatic carbocycles. The summed E-state index contributed by atoms with van der Waals surface area (Å²) >= 11 is 4.85. The molecule has 0 atom stereocenters. The Balaban J connectivity index is 1.44. The highest BCUT2D eigenvalue weighted by Crippen LogP contribution is 2.19. The van der Waals surface area contributed by atoms with Gasteiger partial charge in [-0.15, -0.1) is 5.10 Å². The summed E-state index contributed by atoms with van der Waals surface area (Å²) in [5.74, 6) is 0.299. The van der Waals surface area contributed by atoms with Gasteiger partial charge >= 0.3 is 0 Å². The average Bonchev–Trinajstić information content (AvgIpc) is 2.90. The highest BCUT2D eigenvalue weighted by Gasteiger charge is 2.13. The molecule has 1 saturated carbocycles. The van der Waals surface area contributed by atoms with E-state index >= 15 is 0 Å². The Hall–Kier alpha value is -1.99. The Morgan fingerprint density at radius 2 is 1.96 bits per heavy atom. The lowest BCUT2D eigenvalue weighted by molar-refractivity contribution is 0.0442. The van der Waals surface area contributed by atoms with Gasteiger partial charge in [-0.3, -0.25) is 4.79 Å². The second-order valence-electron chi connectivity index (χ2n) is 6.24. The van der Waals surface area contributed by atoms with E-state index in [1.807, 2.05) is 0 Å². The van der Waals surface area contributed by atoms with E-state index in [-0.39, 0.29) is 10.7 Å². The van der Waals surface area contributed by atoms with Gasteiger partial charge in [0.25, 0.3) is 10.7 Å². The number of rotatable bonds is 6. The first-order valence-electron chi connectivity index (χ1n) is 8.78. The number of carbonyl (C=O) groups is 1. The van der Waals surface area contributed by atoms with Crippen LogP contribution in [0.2, 0.25) is 0 Å². The lowest BCUT2D eigenvalue weighted by Crippen LogP contribution is -2.28. The minimum Gasteiger partial charge on any atom is -0.409 e. The summed E-state index contributed by atoms with van der Waals surface area (Å²) < 4.78 is 11.1. The molecule has 0 spiro atoms. The maximum atomic E-state index is 12.2. The van der Waals surface area contributed by atoms with Crippen LogP contribution in [0.3, 0.4) is 0 Å². The Morgan fingerprint density at radius 1 is 1.24 bits per heavy atom. The second-order valence-corrected chi connectivity index (χ2v) is 6.61. The minimum atomic E-state index is -0.112. The summed E-state index contributed by atoms with van der Waals surface area (Å²) in [6.45, 7) is 1.08. The monoisotopic (exact) mass is 361 g/mol. The average molecular weight is 361 g/mol. The number of nitrogens with one attached hydrogen (secondary N) is 2. The van der Waals surface area contributed by atoms with Gasteiger partial charge in [-0.05, 0) is 49.3 Å². The third-order valence-corrected chi connectivity index (χ3v) is 4.55. The standard InChI is InChI=1S/C18H23N3O3S/c22-16(19-11-12-23-15-5-3-1-2-4-6-15)13-7-9-14(10-8-13)17-20-21-18(25)24-17/h7-10,15H,1-6,11-12H2,(H,19,22)(H,21,25). The van der Waals surface area contributed by atoms with Crippen molar-refractivity contribution in [3.8, 4) is 11.5 Å². The van der Waals surface area contributed by atoms with Gasteiger partial charge in [-0.1, -0.05) is 25.7 Å². The molecule has 2 N–H and O–H groups in total. The van der Waals surface area contributed by atoms with Gasteiger partial charge in [0.2, 0.25) is 5.89 Å². The molecule has 1 aromatic heterocycles. The summed E-state index contributed by atoms with van der Waals surface area (Å²) in [5.41, 5.74) is 1.35. The van der Waals surface area contributed by atoms with Crippen molar-refractivity contribution in [3.05, 3.63) is 34.7 Å². The molecule has 6 nitrogen and oxygen atoms in total. The first-order chi connectivity index (χ1) is 12.2. The lowest BCUT2D eigenvalue weighted by atomic mass is 10.1. The Bertz CT molecular complexity index is 731. The molecule has 1 heterocycles. The van der Waals surface area contributed by atoms with Gasteiger partial charge in [0.1, 0.15) is 0 Å². The molecule has 0 unspecified atom stereocenters. The highest BCUT2D eigenvalue weighted by molar-refractivity contribution is 7.71. The zero-order valence-electron chi connectivity index (χ0n) is 14.1. The Kier molecular flexibility index (Phi) is 6.36. The van der Waals surface area contributed by atoms with Crippen LogP contribution in [-0.4, -0.2) is 35.4 Å². The number of ether oxygens (including phenoxy) is 1. The molecule has 1 amide bonds. The van der Waals surface area contributed by atoms with Gasteiger partial charge in [0, 0.05) is 17.7 Å². The number of nitrogens with zero attached hydrogens (tertiary/aromatic N) is 1. The van der Waals surface area contributed by atoms with Crippen LogP contribution in [0.15, 0.2) is 28.7 Å². The molecule has 134 valence electrons. The predicted molar refractivity (Wildman–Crippen MR) is 96.9 cm³/mol. The van der Waals surface area contributed by atoms with Gasteiger partial charge in [0.15, 0.2) is 0 Å². The van der Waals surface area contributed by atoms with Crippen LogP contribution in [0.1, 0.15) is 48.9 Å². The zero-order chi connectivity index (χ0) is 17.5. The summed E-state index contributed by atoms with van der Waals surface area (Å²) in [4.78, 5) is 12.4. The van der Waals surface area contributed by atoms with Crippen LogP contribution in [0.5, 0.6) is 0 Å². The van der Waals surface area contributed by atoms with Crippen LogP contribution in [0.4, 0.5) is 0 Å². The molecule has 0 aliphatic heterocycles. The van der Waals surface area contributed by atoms with Gasteiger partial charge in [-0.2, -0.15) is 0 Å². The molecule has 2 aromatic rings. The van der Waals surface area contributed by atoms with Crippen molar-refractivity contribution in [1.82, 2.24) is 15.5 Å². The highest BCUT2D eigenvalue weighted by atomic mass is 32.1. The van der Waals surface area contributed by atoms with Crippen LogP contribution >= 0.6 is 12.2 Å². The van der Waals surface area contributed by atoms with Crippen molar-refractivity contribution in [2.75, 3.05) is 13.2 Å². The van der Waals surface area contributed by atoms with E-state index in [0.717, 1.165) is 18.4 Å². The molecule has 1 aromatic carbocycles. The van der Waals surface area contributed by atoms with Crippen LogP contribution in [-0.2, 0) is 4.74 Å². The van der Waals surface area contributed by atoms with Crippen LogP contribution in [0.25, 0.3) is 11.5 Å². The predicted octanol–water partition coefficient (Wildman–Crippen LogP) is 3.87. The van der Waals surface area contributed by atoms with E-state index in [4.69, 9.17) is 21.4 Å². The fraction of sp³-hybridized carbons (Fsp3) is 0.500. The van der Waals surface area contributed by atoms with E-state index in [0.29, 0.717) is 30.7 Å². The van der Waals surface area contributed by atoms with E-state index in [1.54, 1.807) is 24.3 Å². The quantitative estimate of drug-likeness (QED) is 0.464. The van der Waals surface area contributed by atoms with E-state index in [2.05, 4.69) is 15.5 Å². The Morgan fingerprint density at radius 3 is 2.60 bits per heavy atom. The van der Waals surface area contributed by atoms with E-state index in [9.17, 15) is 4.79 Å². The van der Waals surface area contributed by atoms with Gasteiger partial charge in [0.05, 0.1) is 12.7 Å². The Labute approximate surface area is 152 Å². The summed E-state index contributed by atoms with van der Waals surface area (Å²) in [7, 11) is 0. The molecule has 25 heavy (non-hydrogen) atoms. The SMILES string of the molecule is O=C(NCCOC1CCCCCC1)c1ccc(-c2n[nH]c(=S)o2)cc1. The molecule has 1 aliphatic rings. The molecule has 3 rings (SSSR count). The number of aromatic nitrogens is 2. The minimum absolute atomic E-state index is 0.112. The fourth-order valence-corrected chi connectivity index (χ4v) is 3.14. The van der Waals surface area contributed by atoms with Crippen molar-refractivity contribution in [3.63, 3.8) is 0 Å². The van der Waals surface area contributed by atoms with E-state index in [1.165, 1.54) is 25.7 Å². The van der Waals surface area contributed by atoms with Crippen LogP contribution in [0, 0.1) is 4.84 Å². The topological polar surface area (TPSA) is 80.1 Å². The summed E-state index contributed by atoms with van der Waals surface area (Å²) in [6, 6.07) is 7.05. The molecule has 1 fully saturated rings. The fourth-order valence-electron chi connectivity index (χ4n) is 3.02. The van der Waals surface area contributed by atoms with Crippen molar-refractivity contribution < 1.29 is 13.9 Å². The first-order valence-corrected chi connectivity index (χ1v) is 9.19. The van der Waals surface area contributed by atoms with Crippen LogP contribution < -0.4 is 5.32 Å². The molecule has 0 bridgehead atoms. The normalized spacial score (nSPS) is 15.7. The third-order valence-electron chi connectivity index (χ3n) is 4.38. The summed E-state index contributed by atoms with van der Waals surface area (Å²) in [5, 5.41) is 9.43. The third kappa shape index (κ3) is 5.24. The molecule has 0 saturated heterocycles. The number of carbonyl (C=O) groups excluding carboxylic acids is 1. The second kappa shape index (κ2) is 8.92. The van der Waals surface area contributed by atoms with Gasteiger partial charge in [-0.25, -0.2) is 5.10 Å².